The van der Waals surface area contributed by atoms with Gasteiger partial charge in [0.1, 0.15) is 0 Å². The Hall–Kier alpha value is -2.29. The average Bonchev–Trinajstić information content (AvgIpc) is 3.36. The molecule has 1 saturated carbocycles. The summed E-state index contributed by atoms with van der Waals surface area (Å²) in [5, 5.41) is 0. The first-order chi connectivity index (χ1) is 10.7. The van der Waals surface area contributed by atoms with E-state index in [4.69, 9.17) is 5.73 Å². The van der Waals surface area contributed by atoms with Crippen LogP contribution in [-0.2, 0) is 11.2 Å². The molecule has 2 aromatic rings. The van der Waals surface area contributed by atoms with Crippen molar-refractivity contribution in [3.63, 3.8) is 0 Å². The average molecular weight is 294 g/mol. The molecule has 0 bridgehead atoms. The molecular formula is C19H22N2O. The Morgan fingerprint density at radius 2 is 1.73 bits per heavy atom. The summed E-state index contributed by atoms with van der Waals surface area (Å²) in [5.74, 6) is 0.854. The molecule has 22 heavy (non-hydrogen) atoms. The Bertz CT molecular complexity index is 635. The van der Waals surface area contributed by atoms with Gasteiger partial charge in [-0.15, -0.1) is 0 Å². The van der Waals surface area contributed by atoms with E-state index in [2.05, 4.69) is 0 Å². The molecule has 1 fully saturated rings. The number of nitrogens with two attached hydrogens (primary N) is 1. The van der Waals surface area contributed by atoms with Crippen LogP contribution in [0.2, 0.25) is 0 Å². The van der Waals surface area contributed by atoms with Gasteiger partial charge in [0.25, 0.3) is 0 Å². The highest BCUT2D eigenvalue weighted by atomic mass is 16.2. The molecule has 0 aliphatic heterocycles. The van der Waals surface area contributed by atoms with Crippen molar-refractivity contribution in [1.29, 1.82) is 0 Å². The van der Waals surface area contributed by atoms with Crippen LogP contribution in [0.1, 0.15) is 24.8 Å². The second-order valence-corrected chi connectivity index (χ2v) is 5.98. The third kappa shape index (κ3) is 3.67. The lowest BCUT2D eigenvalue weighted by atomic mass is 10.1. The second kappa shape index (κ2) is 6.65. The molecule has 114 valence electrons. The first-order valence-corrected chi connectivity index (χ1v) is 7.93. The molecule has 3 heteroatoms. The van der Waals surface area contributed by atoms with Crippen molar-refractivity contribution in [2.24, 2.45) is 5.92 Å². The molecule has 1 aliphatic carbocycles. The van der Waals surface area contributed by atoms with E-state index in [1.807, 2.05) is 59.5 Å². The van der Waals surface area contributed by atoms with Crippen LogP contribution in [0.5, 0.6) is 0 Å². The SMILES string of the molecule is Nc1ccccc1CCC(=O)N(CC1CC1)c1ccccc1. The fourth-order valence-electron chi connectivity index (χ4n) is 2.66. The Balaban J connectivity index is 1.68. The minimum absolute atomic E-state index is 0.182. The highest BCUT2D eigenvalue weighted by molar-refractivity contribution is 5.93. The summed E-state index contributed by atoms with van der Waals surface area (Å²) in [6.45, 7) is 0.840. The summed E-state index contributed by atoms with van der Waals surface area (Å²) in [6.07, 6.45) is 3.67. The molecule has 3 rings (SSSR count). The number of carbonyl (C=O) groups excluding carboxylic acids is 1. The van der Waals surface area contributed by atoms with Gasteiger partial charge >= 0.3 is 0 Å². The van der Waals surface area contributed by atoms with Crippen molar-refractivity contribution in [3.8, 4) is 0 Å². The molecule has 0 radical (unpaired) electrons. The van der Waals surface area contributed by atoms with E-state index in [0.29, 0.717) is 18.8 Å². The Morgan fingerprint density at radius 1 is 1.05 bits per heavy atom. The van der Waals surface area contributed by atoms with Crippen LogP contribution >= 0.6 is 0 Å². The number of hydrogen-bond acceptors (Lipinski definition) is 2. The highest BCUT2D eigenvalue weighted by Gasteiger charge is 2.27. The number of anilines is 2. The van der Waals surface area contributed by atoms with Crippen LogP contribution in [0.4, 0.5) is 11.4 Å². The summed E-state index contributed by atoms with van der Waals surface area (Å²) in [6, 6.07) is 17.7. The maximum Gasteiger partial charge on any atom is 0.227 e. The third-order valence-electron chi connectivity index (χ3n) is 4.17. The van der Waals surface area contributed by atoms with E-state index >= 15 is 0 Å². The fraction of sp³-hybridized carbons (Fsp3) is 0.316. The van der Waals surface area contributed by atoms with Gasteiger partial charge in [-0.05, 0) is 48.9 Å². The van der Waals surface area contributed by atoms with Gasteiger partial charge in [0, 0.05) is 24.3 Å². The van der Waals surface area contributed by atoms with E-state index in [0.717, 1.165) is 23.5 Å². The quantitative estimate of drug-likeness (QED) is 0.827. The Morgan fingerprint density at radius 3 is 2.41 bits per heavy atom. The highest BCUT2D eigenvalue weighted by Crippen LogP contribution is 2.31. The van der Waals surface area contributed by atoms with Gasteiger partial charge in [0.2, 0.25) is 5.91 Å². The van der Waals surface area contributed by atoms with E-state index in [1.165, 1.54) is 12.8 Å². The Labute approximate surface area is 131 Å². The first-order valence-electron chi connectivity index (χ1n) is 7.93. The minimum atomic E-state index is 0.182. The largest absolute Gasteiger partial charge is 0.399 e. The molecule has 0 saturated heterocycles. The number of benzene rings is 2. The molecule has 1 amide bonds. The van der Waals surface area contributed by atoms with Gasteiger partial charge in [-0.25, -0.2) is 0 Å². The zero-order valence-corrected chi connectivity index (χ0v) is 12.7. The molecule has 0 spiro atoms. The molecular weight excluding hydrogens is 272 g/mol. The lowest BCUT2D eigenvalue weighted by Crippen LogP contribution is -2.33. The maximum atomic E-state index is 12.7. The number of hydrogen-bond donors (Lipinski definition) is 1. The van der Waals surface area contributed by atoms with Gasteiger partial charge in [-0.3, -0.25) is 4.79 Å². The molecule has 3 nitrogen and oxygen atoms in total. The standard InChI is InChI=1S/C19H22N2O/c20-18-9-5-4-6-16(18)12-13-19(22)21(14-15-10-11-15)17-7-2-1-3-8-17/h1-9,15H,10-14,20H2. The normalized spacial score (nSPS) is 13.8. The number of amides is 1. The predicted octanol–water partition coefficient (Wildman–Crippen LogP) is 3.64. The van der Waals surface area contributed by atoms with E-state index in [9.17, 15) is 4.79 Å². The lowest BCUT2D eigenvalue weighted by Gasteiger charge is -2.23. The van der Waals surface area contributed by atoms with Crippen molar-refractivity contribution in [3.05, 3.63) is 60.2 Å². The number of nitrogens with zero attached hydrogens (tertiary/aromatic N) is 1. The molecule has 1 aliphatic rings. The Kier molecular flexibility index (Phi) is 4.42. The van der Waals surface area contributed by atoms with Crippen LogP contribution in [0.15, 0.2) is 54.6 Å². The number of rotatable bonds is 6. The van der Waals surface area contributed by atoms with Crippen molar-refractivity contribution in [1.82, 2.24) is 0 Å². The summed E-state index contributed by atoms with van der Waals surface area (Å²) in [4.78, 5) is 14.6. The van der Waals surface area contributed by atoms with E-state index in [-0.39, 0.29) is 5.91 Å². The summed E-state index contributed by atoms with van der Waals surface area (Å²) >= 11 is 0. The smallest absolute Gasteiger partial charge is 0.227 e. The van der Waals surface area contributed by atoms with Gasteiger partial charge in [0.05, 0.1) is 0 Å². The van der Waals surface area contributed by atoms with Crippen LogP contribution in [0, 0.1) is 5.92 Å². The predicted molar refractivity (Wildman–Crippen MR) is 90.7 cm³/mol. The minimum Gasteiger partial charge on any atom is -0.399 e. The number of nitrogen functional groups attached to an aromatic ring is 1. The first kappa shape index (κ1) is 14.6. The van der Waals surface area contributed by atoms with Crippen molar-refractivity contribution in [2.45, 2.75) is 25.7 Å². The third-order valence-corrected chi connectivity index (χ3v) is 4.17. The van der Waals surface area contributed by atoms with Crippen LogP contribution < -0.4 is 10.6 Å². The van der Waals surface area contributed by atoms with Crippen molar-refractivity contribution >= 4 is 17.3 Å². The monoisotopic (exact) mass is 294 g/mol. The zero-order chi connectivity index (χ0) is 15.4. The fourth-order valence-corrected chi connectivity index (χ4v) is 2.66. The van der Waals surface area contributed by atoms with Crippen LogP contribution in [-0.4, -0.2) is 12.5 Å². The maximum absolute atomic E-state index is 12.7. The zero-order valence-electron chi connectivity index (χ0n) is 12.7. The molecule has 2 aromatic carbocycles. The number of para-hydroxylation sites is 2. The van der Waals surface area contributed by atoms with Crippen molar-refractivity contribution in [2.75, 3.05) is 17.2 Å². The van der Waals surface area contributed by atoms with E-state index < -0.39 is 0 Å². The summed E-state index contributed by atoms with van der Waals surface area (Å²) in [7, 11) is 0. The van der Waals surface area contributed by atoms with Gasteiger partial charge in [0.15, 0.2) is 0 Å². The van der Waals surface area contributed by atoms with Crippen LogP contribution in [0.25, 0.3) is 0 Å². The van der Waals surface area contributed by atoms with Gasteiger partial charge in [-0.2, -0.15) is 0 Å². The second-order valence-electron chi connectivity index (χ2n) is 5.98. The van der Waals surface area contributed by atoms with Gasteiger partial charge < -0.3 is 10.6 Å². The van der Waals surface area contributed by atoms with E-state index in [1.54, 1.807) is 0 Å². The molecule has 2 N–H and O–H groups in total. The molecule has 0 aromatic heterocycles. The topological polar surface area (TPSA) is 46.3 Å². The number of aryl methyl sites for hydroxylation is 1. The molecule has 0 atom stereocenters. The molecule has 0 heterocycles. The lowest BCUT2D eigenvalue weighted by molar-refractivity contribution is -0.118. The van der Waals surface area contributed by atoms with Crippen LogP contribution in [0.3, 0.4) is 0 Å². The number of carbonyl (C=O) groups is 1. The van der Waals surface area contributed by atoms with Crippen molar-refractivity contribution < 1.29 is 4.79 Å². The summed E-state index contributed by atoms with van der Waals surface area (Å²) < 4.78 is 0. The molecule has 0 unspecified atom stereocenters. The summed E-state index contributed by atoms with van der Waals surface area (Å²) in [5.41, 5.74) is 8.78. The van der Waals surface area contributed by atoms with Gasteiger partial charge in [-0.1, -0.05) is 36.4 Å².